The van der Waals surface area contributed by atoms with Gasteiger partial charge in [0.1, 0.15) is 81.9 Å². The number of amides is 1. The molecule has 0 bridgehead atoms. The van der Waals surface area contributed by atoms with Crippen LogP contribution in [0.25, 0.3) is 0 Å². The zero-order valence-corrected chi connectivity index (χ0v) is 62.6. The minimum Gasteiger partial charge on any atom is -0.507 e. The SMILES string of the molecule is CC(=O)N/N=C/c1ccccc1O.CC(=O)O/N=C/c1ccccc1O.CN(C)/N=C/c1ccccc1O.CN/N=C/c1ccccc1O.CO/N=C/c1ccccc1O.COc1cccc(O)c1/C=N/N.N/N=C/c1c(O)cccc1O.N/N=C/c1ccccc1O.O/N=C/c1c(O)cccc1O.O/N=C/c1ccccc1O. The molecule has 0 heterocycles. The number of nitrogens with zero attached hydrogens (tertiary/aromatic N) is 11. The molecule has 600 valence electrons. The maximum absolute atomic E-state index is 10.4. The Morgan fingerprint density at radius 3 is 0.956 bits per heavy atom. The number of phenols is 12. The molecule has 0 aliphatic rings. The lowest BCUT2D eigenvalue weighted by atomic mass is 10.2. The van der Waals surface area contributed by atoms with Crippen LogP contribution in [0.4, 0.5) is 0 Å². The number of phenolic OH excluding ortho intramolecular Hbond substituents is 12. The van der Waals surface area contributed by atoms with Crippen LogP contribution >= 0.6 is 0 Å². The molecule has 0 aromatic heterocycles. The average molecular weight is 1570 g/mol. The molecule has 35 nitrogen and oxygen atoms in total. The maximum Gasteiger partial charge on any atom is 0.331 e. The third-order valence-corrected chi connectivity index (χ3v) is 12.8. The Hall–Kier alpha value is -16.4. The van der Waals surface area contributed by atoms with Gasteiger partial charge in [-0.15, -0.1) is 0 Å². The summed E-state index contributed by atoms with van der Waals surface area (Å²) >= 11 is 0. The number of methoxy groups -OCH3 is 1. The molecule has 10 rings (SSSR count). The Morgan fingerprint density at radius 1 is 0.351 bits per heavy atom. The van der Waals surface area contributed by atoms with Gasteiger partial charge in [0, 0.05) is 73.9 Å². The Kier molecular flexibility index (Phi) is 48.5. The molecule has 0 saturated carbocycles. The lowest BCUT2D eigenvalue weighted by Crippen LogP contribution is -2.12. The summed E-state index contributed by atoms with van der Waals surface area (Å²) in [4.78, 5) is 29.5. The van der Waals surface area contributed by atoms with E-state index in [1.807, 2.05) is 38.4 Å². The summed E-state index contributed by atoms with van der Waals surface area (Å²) in [5.74, 6) is 15.5. The number of nitrogens with one attached hydrogen (secondary N) is 2. The van der Waals surface area contributed by atoms with Crippen molar-refractivity contribution in [3.63, 3.8) is 0 Å². The smallest absolute Gasteiger partial charge is 0.331 e. The monoisotopic (exact) mass is 1570 g/mol. The number of hydrogen-bond acceptors (Lipinski definition) is 34. The van der Waals surface area contributed by atoms with E-state index in [9.17, 15) is 40.2 Å². The van der Waals surface area contributed by atoms with Crippen molar-refractivity contribution in [2.45, 2.75) is 13.8 Å². The zero-order chi connectivity index (χ0) is 84.9. The summed E-state index contributed by atoms with van der Waals surface area (Å²) in [6, 6.07) is 61.4. The lowest BCUT2D eigenvalue weighted by Gasteiger charge is -2.04. The minimum absolute atomic E-state index is 0.0424. The summed E-state index contributed by atoms with van der Waals surface area (Å²) in [7, 11) is 8.34. The van der Waals surface area contributed by atoms with Gasteiger partial charge >= 0.3 is 5.97 Å². The number of rotatable bonds is 16. The Labute approximate surface area is 655 Å². The lowest BCUT2D eigenvalue weighted by molar-refractivity contribution is -0.140. The molecule has 0 unspecified atom stereocenters. The van der Waals surface area contributed by atoms with Crippen LogP contribution in [0, 0.1) is 0 Å². The van der Waals surface area contributed by atoms with Crippen molar-refractivity contribution in [1.29, 1.82) is 0 Å². The third kappa shape index (κ3) is 40.9. The van der Waals surface area contributed by atoms with Gasteiger partial charge in [-0.2, -0.15) is 30.6 Å². The molecular weight excluding hydrogens is 1480 g/mol. The largest absolute Gasteiger partial charge is 0.507 e. The van der Waals surface area contributed by atoms with Crippen molar-refractivity contribution in [2.75, 3.05) is 35.4 Å². The van der Waals surface area contributed by atoms with Gasteiger partial charge in [0.25, 0.3) is 0 Å². The van der Waals surface area contributed by atoms with Crippen molar-refractivity contribution in [1.82, 2.24) is 15.9 Å². The molecule has 35 heteroatoms. The first-order valence-electron chi connectivity index (χ1n) is 32.6. The minimum atomic E-state index is -0.494. The standard InChI is InChI=1S/C9H10N2O2.C9H12N2O.C9H9NO3.C8H10N2O2.C8H10N2O.C8H9NO2.C7H8N2O2.C7H8N2O.C7H7NO3.C7H7NO2/c1-7(12)11-10-6-8-4-2-3-5-9(8)13;1-11(2)10-7-8-5-3-4-6-9(8)12;1-7(11)13-10-6-8-4-2-3-5-9(8)12;1-12-8-4-2-3-7(11)6(8)5-10-9;1-9-10-6-7-4-2-3-5-8(7)11;1-11-9-6-7-4-2-3-5-8(7)10;8-9-4-5-6(10)2-1-3-7(5)11;8-9-5-6-3-1-2-4-7(6)10;9-6-2-1-3-7(10)5(6)4-8-11;9-7-4-2-1-3-6(7)5-8-10/h2-6,13H,1H3,(H,11,12);3-7,12H,1-2H3;2-6,12H,1H3;2-5,11H,9H2,1H3;2-6,9,11H,1H3;2-6,10H,1H3;1-4,10-11H,8H2;1-5,10H,8H2;1-4,9-11H;1-5,9-10H/b10-6+;10-7+;10-6+;10-5+;10-6+;9-6+;9-4+;9-5+;8-4+;8-5+. The van der Waals surface area contributed by atoms with Crippen molar-refractivity contribution < 1.29 is 95.7 Å². The van der Waals surface area contributed by atoms with Crippen LogP contribution in [0.2, 0.25) is 0 Å². The molecule has 0 spiro atoms. The molecule has 0 atom stereocenters. The predicted octanol–water partition coefficient (Wildman–Crippen LogP) is 9.63. The first-order valence-corrected chi connectivity index (χ1v) is 32.6. The Morgan fingerprint density at radius 2 is 0.640 bits per heavy atom. The number of hydrogen-bond donors (Lipinski definition) is 19. The van der Waals surface area contributed by atoms with Gasteiger partial charge in [-0.3, -0.25) is 4.79 Å². The molecule has 114 heavy (non-hydrogen) atoms. The highest BCUT2D eigenvalue weighted by molar-refractivity contribution is 5.90. The van der Waals surface area contributed by atoms with E-state index in [2.05, 4.69) is 71.8 Å². The van der Waals surface area contributed by atoms with Crippen molar-refractivity contribution in [3.8, 4) is 74.7 Å². The van der Waals surface area contributed by atoms with Crippen LogP contribution in [0.5, 0.6) is 74.7 Å². The third-order valence-electron chi connectivity index (χ3n) is 12.8. The number of nitrogens with two attached hydrogens (primary N) is 3. The summed E-state index contributed by atoms with van der Waals surface area (Å²) in [6.07, 6.45) is 13.4. The number of carbonyl (C=O) groups excluding carboxylic acids is 2. The van der Waals surface area contributed by atoms with Gasteiger partial charge in [-0.25, -0.2) is 10.2 Å². The quantitative estimate of drug-likeness (QED) is 0.0141. The van der Waals surface area contributed by atoms with Crippen molar-refractivity contribution >= 4 is 74.0 Å². The highest BCUT2D eigenvalue weighted by Crippen LogP contribution is 2.27. The van der Waals surface area contributed by atoms with Crippen LogP contribution in [-0.2, 0) is 19.3 Å². The van der Waals surface area contributed by atoms with E-state index in [0.29, 0.717) is 44.7 Å². The van der Waals surface area contributed by atoms with Gasteiger partial charge in [-0.05, 0) is 121 Å². The number of ether oxygens (including phenoxy) is 1. The first-order chi connectivity index (χ1) is 54.8. The average Bonchev–Trinajstić information content (AvgIpc) is 0.841. The number of para-hydroxylation sites is 7. The molecule has 0 radical (unpaired) electrons. The van der Waals surface area contributed by atoms with E-state index in [4.69, 9.17) is 63.3 Å². The summed E-state index contributed by atoms with van der Waals surface area (Å²) < 4.78 is 4.97. The molecule has 0 fully saturated rings. The van der Waals surface area contributed by atoms with Gasteiger partial charge < -0.3 is 114 Å². The Balaban J connectivity index is 0.000000634. The molecule has 1 amide bonds. The normalized spacial score (nSPS) is 10.4. The number of hydrazone groups is 6. The number of benzene rings is 10. The highest BCUT2D eigenvalue weighted by Gasteiger charge is 2.07. The number of carbonyl (C=O) groups is 2. The second kappa shape index (κ2) is 57.8. The Bertz CT molecular complexity index is 4510. The van der Waals surface area contributed by atoms with E-state index in [1.165, 1.54) is 120 Å². The van der Waals surface area contributed by atoms with Gasteiger partial charge in [0.05, 0.1) is 85.9 Å². The van der Waals surface area contributed by atoms with E-state index < -0.39 is 5.97 Å². The first kappa shape index (κ1) is 95.7. The van der Waals surface area contributed by atoms with E-state index in [-0.39, 0.29) is 86.0 Å². The molecule has 22 N–H and O–H groups in total. The number of aromatic hydroxyl groups is 12. The molecular formula is C79H90N16O19. The maximum atomic E-state index is 10.4. The van der Waals surface area contributed by atoms with Crippen LogP contribution in [0.1, 0.15) is 69.5 Å². The van der Waals surface area contributed by atoms with E-state index >= 15 is 0 Å². The van der Waals surface area contributed by atoms with Gasteiger partial charge in [0.2, 0.25) is 5.91 Å². The van der Waals surface area contributed by atoms with Crippen LogP contribution in [0.3, 0.4) is 0 Å². The highest BCUT2D eigenvalue weighted by atomic mass is 16.7. The van der Waals surface area contributed by atoms with Crippen molar-refractivity contribution in [2.24, 2.45) is 68.8 Å². The van der Waals surface area contributed by atoms with Gasteiger partial charge in [0.15, 0.2) is 0 Å². The van der Waals surface area contributed by atoms with E-state index in [0.717, 1.165) is 11.8 Å². The zero-order valence-electron chi connectivity index (χ0n) is 62.6. The van der Waals surface area contributed by atoms with Crippen molar-refractivity contribution in [3.05, 3.63) is 280 Å². The summed E-state index contributed by atoms with van der Waals surface area (Å²) in [5.41, 5.74) is 9.96. The second-order valence-corrected chi connectivity index (χ2v) is 21.3. The molecule has 0 saturated heterocycles. The number of oxime groups is 4. The molecule has 0 aliphatic heterocycles. The summed E-state index contributed by atoms with van der Waals surface area (Å²) in [6.45, 7) is 2.62. The molecule has 0 aliphatic carbocycles. The topological polar surface area (TPSA) is 574 Å². The molecule has 10 aromatic carbocycles. The molecule has 10 aromatic rings. The fourth-order valence-corrected chi connectivity index (χ4v) is 7.48. The second-order valence-electron chi connectivity index (χ2n) is 21.3. The van der Waals surface area contributed by atoms with Crippen LogP contribution in [0.15, 0.2) is 276 Å². The van der Waals surface area contributed by atoms with Crippen LogP contribution < -0.4 is 33.1 Å². The van der Waals surface area contributed by atoms with E-state index in [1.54, 1.807) is 176 Å². The fraction of sp³-hybridized carbons (Fsp3) is 0.0886. The predicted molar refractivity (Wildman–Crippen MR) is 438 cm³/mol. The summed E-state index contributed by atoms with van der Waals surface area (Å²) in [5, 5.41) is 161. The van der Waals surface area contributed by atoms with Gasteiger partial charge in [-0.1, -0.05) is 124 Å². The fourth-order valence-electron chi connectivity index (χ4n) is 7.48. The van der Waals surface area contributed by atoms with Crippen LogP contribution in [-0.4, -0.2) is 186 Å².